The Labute approximate surface area is 133 Å². The van der Waals surface area contributed by atoms with Gasteiger partial charge in [-0.3, -0.25) is 0 Å². The minimum Gasteiger partial charge on any atom is -0.314 e. The normalized spacial score (nSPS) is 30.3. The van der Waals surface area contributed by atoms with Crippen molar-refractivity contribution >= 4 is 0 Å². The molecule has 21 heavy (non-hydrogen) atoms. The first-order valence-electron chi connectivity index (χ1n) is 9.41. The van der Waals surface area contributed by atoms with Crippen LogP contribution in [0.15, 0.2) is 0 Å². The fraction of sp³-hybridized carbons (Fsp3) is 1.00. The third kappa shape index (κ3) is 5.90. The average Bonchev–Trinajstić information content (AvgIpc) is 2.46. The molecule has 1 N–H and O–H groups in total. The van der Waals surface area contributed by atoms with Crippen molar-refractivity contribution in [2.45, 2.75) is 78.7 Å². The van der Waals surface area contributed by atoms with E-state index in [1.807, 2.05) is 0 Å². The first kappa shape index (κ1) is 17.3. The van der Waals surface area contributed by atoms with E-state index in [9.17, 15) is 0 Å². The Hall–Kier alpha value is -0.0800. The van der Waals surface area contributed by atoms with Crippen LogP contribution in [0, 0.1) is 17.3 Å². The second kappa shape index (κ2) is 7.97. The predicted molar refractivity (Wildman–Crippen MR) is 92.7 cm³/mol. The highest BCUT2D eigenvalue weighted by Crippen LogP contribution is 2.37. The predicted octanol–water partition coefficient (Wildman–Crippen LogP) is 4.30. The summed E-state index contributed by atoms with van der Waals surface area (Å²) in [5.74, 6) is 1.73. The molecule has 1 heterocycles. The molecule has 1 saturated heterocycles. The van der Waals surface area contributed by atoms with Crippen LogP contribution in [0.5, 0.6) is 0 Å². The Morgan fingerprint density at radius 1 is 1.00 bits per heavy atom. The number of rotatable bonds is 5. The van der Waals surface area contributed by atoms with Crippen molar-refractivity contribution in [3.05, 3.63) is 0 Å². The molecule has 2 aliphatic rings. The van der Waals surface area contributed by atoms with Crippen LogP contribution in [-0.4, -0.2) is 37.1 Å². The second-order valence-corrected chi connectivity index (χ2v) is 8.79. The number of nitrogens with one attached hydrogen (secondary N) is 1. The maximum atomic E-state index is 3.86. The van der Waals surface area contributed by atoms with Crippen molar-refractivity contribution in [1.29, 1.82) is 0 Å². The molecule has 1 aliphatic heterocycles. The summed E-state index contributed by atoms with van der Waals surface area (Å²) in [6, 6.07) is 0.785. The Morgan fingerprint density at radius 3 is 2.19 bits per heavy atom. The second-order valence-electron chi connectivity index (χ2n) is 8.79. The van der Waals surface area contributed by atoms with Gasteiger partial charge in [0.1, 0.15) is 0 Å². The van der Waals surface area contributed by atoms with Crippen LogP contribution in [0.3, 0.4) is 0 Å². The molecule has 1 unspecified atom stereocenters. The molecule has 1 aliphatic carbocycles. The number of hydrogen-bond donors (Lipinski definition) is 1. The Morgan fingerprint density at radius 2 is 1.62 bits per heavy atom. The van der Waals surface area contributed by atoms with Crippen molar-refractivity contribution < 1.29 is 0 Å². The van der Waals surface area contributed by atoms with Gasteiger partial charge in [-0.15, -0.1) is 0 Å². The molecule has 0 aromatic carbocycles. The van der Waals surface area contributed by atoms with E-state index in [0.29, 0.717) is 5.41 Å². The van der Waals surface area contributed by atoms with Gasteiger partial charge >= 0.3 is 0 Å². The van der Waals surface area contributed by atoms with Gasteiger partial charge in [0.15, 0.2) is 0 Å². The van der Waals surface area contributed by atoms with E-state index in [-0.39, 0.29) is 0 Å². The van der Waals surface area contributed by atoms with E-state index in [1.165, 1.54) is 71.1 Å². The van der Waals surface area contributed by atoms with Gasteiger partial charge in [0.2, 0.25) is 0 Å². The topological polar surface area (TPSA) is 15.3 Å². The summed E-state index contributed by atoms with van der Waals surface area (Å²) in [4.78, 5) is 2.67. The standard InChI is InChI=1S/C19H38N2/c1-16(15-21-12-6-5-7-13-21)14-20-18-10-8-17(9-11-18)19(2,3)4/h16-18,20H,5-15H2,1-4H3. The van der Waals surface area contributed by atoms with Crippen LogP contribution in [0.1, 0.15) is 72.6 Å². The largest absolute Gasteiger partial charge is 0.314 e. The lowest BCUT2D eigenvalue weighted by Gasteiger charge is -2.37. The van der Waals surface area contributed by atoms with Crippen LogP contribution in [0.25, 0.3) is 0 Å². The third-order valence-corrected chi connectivity index (χ3v) is 5.73. The fourth-order valence-corrected chi connectivity index (χ4v) is 4.18. The molecule has 0 bridgehead atoms. The number of hydrogen-bond acceptors (Lipinski definition) is 2. The summed E-state index contributed by atoms with van der Waals surface area (Å²) >= 11 is 0. The number of piperidine rings is 1. The first-order chi connectivity index (χ1) is 9.95. The van der Waals surface area contributed by atoms with E-state index < -0.39 is 0 Å². The van der Waals surface area contributed by atoms with Crippen molar-refractivity contribution in [3.63, 3.8) is 0 Å². The molecular weight excluding hydrogens is 256 g/mol. The zero-order chi connectivity index (χ0) is 15.3. The molecule has 0 aromatic heterocycles. The number of nitrogens with zero attached hydrogens (tertiary/aromatic N) is 1. The van der Waals surface area contributed by atoms with E-state index in [0.717, 1.165) is 17.9 Å². The smallest absolute Gasteiger partial charge is 0.00673 e. The van der Waals surface area contributed by atoms with E-state index in [4.69, 9.17) is 0 Å². The zero-order valence-electron chi connectivity index (χ0n) is 15.0. The quantitative estimate of drug-likeness (QED) is 0.813. The molecule has 2 rings (SSSR count). The molecular formula is C19H38N2. The first-order valence-corrected chi connectivity index (χ1v) is 9.41. The SMILES string of the molecule is CC(CNC1CCC(C(C)(C)C)CC1)CN1CCCCC1. The van der Waals surface area contributed by atoms with Gasteiger partial charge in [-0.1, -0.05) is 34.1 Å². The highest BCUT2D eigenvalue weighted by atomic mass is 15.1. The van der Waals surface area contributed by atoms with Gasteiger partial charge in [-0.2, -0.15) is 0 Å². The lowest BCUT2D eigenvalue weighted by molar-refractivity contribution is 0.154. The summed E-state index contributed by atoms with van der Waals surface area (Å²) in [7, 11) is 0. The van der Waals surface area contributed by atoms with E-state index in [1.54, 1.807) is 0 Å². The van der Waals surface area contributed by atoms with Gasteiger partial charge in [-0.25, -0.2) is 0 Å². The van der Waals surface area contributed by atoms with Crippen molar-refractivity contribution in [1.82, 2.24) is 10.2 Å². The van der Waals surface area contributed by atoms with Crippen LogP contribution in [0.4, 0.5) is 0 Å². The lowest BCUT2D eigenvalue weighted by atomic mass is 9.71. The maximum Gasteiger partial charge on any atom is 0.00673 e. The summed E-state index contributed by atoms with van der Waals surface area (Å²) in [5.41, 5.74) is 0.506. The number of likely N-dealkylation sites (tertiary alicyclic amines) is 1. The third-order valence-electron chi connectivity index (χ3n) is 5.73. The summed E-state index contributed by atoms with van der Waals surface area (Å²) in [5, 5.41) is 3.86. The summed E-state index contributed by atoms with van der Waals surface area (Å²) in [6.45, 7) is 14.8. The minimum absolute atomic E-state index is 0.506. The van der Waals surface area contributed by atoms with Gasteiger partial charge in [0.25, 0.3) is 0 Å². The molecule has 1 saturated carbocycles. The zero-order valence-corrected chi connectivity index (χ0v) is 15.0. The van der Waals surface area contributed by atoms with Gasteiger partial charge in [-0.05, 0) is 75.4 Å². The highest BCUT2D eigenvalue weighted by Gasteiger charge is 2.29. The molecule has 0 spiro atoms. The van der Waals surface area contributed by atoms with Gasteiger partial charge in [0, 0.05) is 12.6 Å². The molecule has 0 amide bonds. The van der Waals surface area contributed by atoms with Crippen molar-refractivity contribution in [2.24, 2.45) is 17.3 Å². The fourth-order valence-electron chi connectivity index (χ4n) is 4.18. The average molecular weight is 295 g/mol. The van der Waals surface area contributed by atoms with E-state index >= 15 is 0 Å². The Kier molecular flexibility index (Phi) is 6.55. The van der Waals surface area contributed by atoms with Gasteiger partial charge < -0.3 is 10.2 Å². The van der Waals surface area contributed by atoms with Crippen LogP contribution >= 0.6 is 0 Å². The van der Waals surface area contributed by atoms with Crippen molar-refractivity contribution in [2.75, 3.05) is 26.2 Å². The summed E-state index contributed by atoms with van der Waals surface area (Å²) in [6.07, 6.45) is 9.88. The molecule has 124 valence electrons. The maximum absolute atomic E-state index is 3.86. The van der Waals surface area contributed by atoms with Gasteiger partial charge in [0.05, 0.1) is 0 Å². The highest BCUT2D eigenvalue weighted by molar-refractivity contribution is 4.83. The molecule has 2 fully saturated rings. The minimum atomic E-state index is 0.506. The van der Waals surface area contributed by atoms with Crippen LogP contribution in [-0.2, 0) is 0 Å². The van der Waals surface area contributed by atoms with Crippen LogP contribution in [0.2, 0.25) is 0 Å². The molecule has 0 radical (unpaired) electrons. The molecule has 2 heteroatoms. The molecule has 1 atom stereocenters. The molecule has 2 nitrogen and oxygen atoms in total. The van der Waals surface area contributed by atoms with E-state index in [2.05, 4.69) is 37.9 Å². The lowest BCUT2D eigenvalue weighted by Crippen LogP contribution is -2.41. The van der Waals surface area contributed by atoms with Crippen molar-refractivity contribution in [3.8, 4) is 0 Å². The Balaban J connectivity index is 1.60. The monoisotopic (exact) mass is 294 g/mol. The Bertz CT molecular complexity index is 280. The summed E-state index contributed by atoms with van der Waals surface area (Å²) < 4.78 is 0. The molecule has 0 aromatic rings. The van der Waals surface area contributed by atoms with Crippen LogP contribution < -0.4 is 5.32 Å².